The minimum absolute atomic E-state index is 0.0504. The molecule has 0 atom stereocenters. The molecule has 2 aromatic carbocycles. The van der Waals surface area contributed by atoms with Gasteiger partial charge >= 0.3 is 0 Å². The Morgan fingerprint density at radius 3 is 2.74 bits per heavy atom. The maximum atomic E-state index is 12.5. The van der Waals surface area contributed by atoms with Crippen molar-refractivity contribution in [3.63, 3.8) is 0 Å². The normalized spacial score (nSPS) is 12.8. The van der Waals surface area contributed by atoms with Crippen LogP contribution >= 0.6 is 23.1 Å². The van der Waals surface area contributed by atoms with E-state index in [9.17, 15) is 4.79 Å². The zero-order valence-electron chi connectivity index (χ0n) is 15.2. The van der Waals surface area contributed by atoms with Crippen molar-refractivity contribution in [2.45, 2.75) is 23.6 Å². The summed E-state index contributed by atoms with van der Waals surface area (Å²) in [6.45, 7) is 4.84. The number of amides is 1. The van der Waals surface area contributed by atoms with Crippen LogP contribution in [0.2, 0.25) is 0 Å². The molecule has 0 unspecified atom stereocenters. The van der Waals surface area contributed by atoms with Crippen molar-refractivity contribution in [3.05, 3.63) is 76.0 Å². The van der Waals surface area contributed by atoms with Crippen LogP contribution in [0.4, 0.5) is 5.69 Å². The molecule has 2 heterocycles. The summed E-state index contributed by atoms with van der Waals surface area (Å²) < 4.78 is 0. The second kappa shape index (κ2) is 7.71. The molecule has 0 radical (unpaired) electrons. The molecule has 136 valence electrons. The van der Waals surface area contributed by atoms with Gasteiger partial charge in [-0.2, -0.15) is 11.3 Å². The molecule has 0 spiro atoms. The molecule has 5 heteroatoms. The highest BCUT2D eigenvalue weighted by molar-refractivity contribution is 7.99. The van der Waals surface area contributed by atoms with E-state index in [1.54, 1.807) is 23.1 Å². The van der Waals surface area contributed by atoms with E-state index >= 15 is 0 Å². The SMILES string of the molecule is CC(C)CNC(=O)c1ccc2c(c1)N=C(c1ccsc1)c1ccccc1S2. The minimum Gasteiger partial charge on any atom is -0.352 e. The third-order valence-corrected chi connectivity index (χ3v) is 6.11. The van der Waals surface area contributed by atoms with Crippen LogP contribution in [-0.2, 0) is 0 Å². The maximum absolute atomic E-state index is 12.5. The van der Waals surface area contributed by atoms with Gasteiger partial charge in [-0.25, -0.2) is 4.99 Å². The molecule has 0 saturated carbocycles. The first kappa shape index (κ1) is 18.0. The molecule has 0 saturated heterocycles. The number of carbonyl (C=O) groups is 1. The lowest BCUT2D eigenvalue weighted by Crippen LogP contribution is -2.27. The summed E-state index contributed by atoms with van der Waals surface area (Å²) in [7, 11) is 0. The fourth-order valence-corrected chi connectivity index (χ4v) is 4.54. The van der Waals surface area contributed by atoms with Gasteiger partial charge in [0.05, 0.1) is 11.4 Å². The lowest BCUT2D eigenvalue weighted by molar-refractivity contribution is 0.0949. The fourth-order valence-electron chi connectivity index (χ4n) is 2.90. The van der Waals surface area contributed by atoms with E-state index in [-0.39, 0.29) is 5.91 Å². The second-order valence-corrected chi connectivity index (χ2v) is 8.72. The van der Waals surface area contributed by atoms with Crippen LogP contribution in [0.15, 0.2) is 74.1 Å². The van der Waals surface area contributed by atoms with Gasteiger partial charge in [0.15, 0.2) is 0 Å². The number of hydrogen-bond acceptors (Lipinski definition) is 4. The van der Waals surface area contributed by atoms with Crippen LogP contribution in [0.1, 0.15) is 35.3 Å². The highest BCUT2D eigenvalue weighted by atomic mass is 32.2. The van der Waals surface area contributed by atoms with Crippen molar-refractivity contribution in [2.24, 2.45) is 10.9 Å². The fraction of sp³-hybridized carbons (Fsp3) is 0.182. The van der Waals surface area contributed by atoms with Crippen LogP contribution in [0.3, 0.4) is 0 Å². The molecule has 0 aliphatic carbocycles. The molecular formula is C22H20N2OS2. The first-order chi connectivity index (χ1) is 13.1. The summed E-state index contributed by atoms with van der Waals surface area (Å²) >= 11 is 3.36. The molecule has 1 aliphatic heterocycles. The average molecular weight is 393 g/mol. The third kappa shape index (κ3) is 3.84. The van der Waals surface area contributed by atoms with E-state index < -0.39 is 0 Å². The van der Waals surface area contributed by atoms with Gasteiger partial charge in [0.2, 0.25) is 0 Å². The predicted octanol–water partition coefficient (Wildman–Crippen LogP) is 5.77. The maximum Gasteiger partial charge on any atom is 0.251 e. The van der Waals surface area contributed by atoms with Crippen LogP contribution in [0, 0.1) is 5.92 Å². The summed E-state index contributed by atoms with van der Waals surface area (Å²) in [6.07, 6.45) is 0. The second-order valence-electron chi connectivity index (χ2n) is 6.86. The lowest BCUT2D eigenvalue weighted by atomic mass is 10.0. The van der Waals surface area contributed by atoms with E-state index in [1.165, 1.54) is 4.90 Å². The van der Waals surface area contributed by atoms with Crippen molar-refractivity contribution < 1.29 is 4.79 Å². The van der Waals surface area contributed by atoms with Crippen LogP contribution in [-0.4, -0.2) is 18.2 Å². The van der Waals surface area contributed by atoms with Crippen LogP contribution in [0.25, 0.3) is 0 Å². The van der Waals surface area contributed by atoms with Gasteiger partial charge < -0.3 is 5.32 Å². The van der Waals surface area contributed by atoms with Gasteiger partial charge in [-0.1, -0.05) is 43.8 Å². The van der Waals surface area contributed by atoms with Gasteiger partial charge in [-0.3, -0.25) is 4.79 Å². The number of hydrogen-bond donors (Lipinski definition) is 1. The van der Waals surface area contributed by atoms with E-state index in [2.05, 4.69) is 54.2 Å². The highest BCUT2D eigenvalue weighted by Crippen LogP contribution is 2.41. The van der Waals surface area contributed by atoms with Crippen molar-refractivity contribution in [3.8, 4) is 0 Å². The number of rotatable bonds is 4. The van der Waals surface area contributed by atoms with E-state index in [1.807, 2.05) is 24.3 Å². The van der Waals surface area contributed by atoms with Gasteiger partial charge in [0.1, 0.15) is 0 Å². The molecular weight excluding hydrogens is 372 g/mol. The Morgan fingerprint density at radius 1 is 1.11 bits per heavy atom. The van der Waals surface area contributed by atoms with Crippen molar-refractivity contribution >= 4 is 40.4 Å². The standard InChI is InChI=1S/C22H20N2OS2/c1-14(2)12-23-22(25)15-7-8-20-18(11-15)24-21(16-9-10-26-13-16)17-5-3-4-6-19(17)27-20/h3-11,13-14H,12H2,1-2H3,(H,23,25). The largest absolute Gasteiger partial charge is 0.352 e. The summed E-state index contributed by atoms with van der Waals surface area (Å²) in [5.41, 5.74) is 4.68. The number of fused-ring (bicyclic) bond motifs is 2. The van der Waals surface area contributed by atoms with E-state index in [4.69, 9.17) is 4.99 Å². The number of benzene rings is 2. The molecule has 1 N–H and O–H groups in total. The Hall–Kier alpha value is -2.37. The average Bonchev–Trinajstić information content (AvgIpc) is 3.14. The Bertz CT molecular complexity index is 1010. The summed E-state index contributed by atoms with van der Waals surface area (Å²) in [5, 5.41) is 7.16. The molecule has 0 bridgehead atoms. The summed E-state index contributed by atoms with van der Waals surface area (Å²) in [4.78, 5) is 19.7. The Morgan fingerprint density at radius 2 is 1.96 bits per heavy atom. The first-order valence-electron chi connectivity index (χ1n) is 8.92. The molecule has 27 heavy (non-hydrogen) atoms. The molecule has 1 aliphatic rings. The molecule has 1 aromatic heterocycles. The summed E-state index contributed by atoms with van der Waals surface area (Å²) in [5.74, 6) is 0.369. The number of nitrogens with zero attached hydrogens (tertiary/aromatic N) is 1. The minimum atomic E-state index is -0.0504. The molecule has 3 aromatic rings. The van der Waals surface area contributed by atoms with Crippen LogP contribution in [0.5, 0.6) is 0 Å². The van der Waals surface area contributed by atoms with Crippen molar-refractivity contribution in [2.75, 3.05) is 6.54 Å². The Balaban J connectivity index is 1.78. The quantitative estimate of drug-likeness (QED) is 0.479. The molecule has 3 nitrogen and oxygen atoms in total. The van der Waals surface area contributed by atoms with Crippen molar-refractivity contribution in [1.82, 2.24) is 5.32 Å². The van der Waals surface area contributed by atoms with E-state index in [0.717, 1.165) is 27.4 Å². The topological polar surface area (TPSA) is 41.5 Å². The molecule has 0 fully saturated rings. The van der Waals surface area contributed by atoms with Gasteiger partial charge in [0.25, 0.3) is 5.91 Å². The lowest BCUT2D eigenvalue weighted by Gasteiger charge is -2.09. The molecule has 1 amide bonds. The van der Waals surface area contributed by atoms with Crippen molar-refractivity contribution in [1.29, 1.82) is 0 Å². The Labute approximate surface area is 167 Å². The van der Waals surface area contributed by atoms with Gasteiger partial charge in [0, 0.05) is 38.4 Å². The molecule has 4 rings (SSSR count). The number of nitrogens with one attached hydrogen (secondary N) is 1. The third-order valence-electron chi connectivity index (χ3n) is 4.28. The smallest absolute Gasteiger partial charge is 0.251 e. The highest BCUT2D eigenvalue weighted by Gasteiger charge is 2.20. The first-order valence-corrected chi connectivity index (χ1v) is 10.7. The number of aliphatic imine (C=N–C) groups is 1. The monoisotopic (exact) mass is 392 g/mol. The predicted molar refractivity (Wildman–Crippen MR) is 114 cm³/mol. The van der Waals surface area contributed by atoms with Crippen LogP contribution < -0.4 is 5.32 Å². The Kier molecular flexibility index (Phi) is 5.14. The zero-order chi connectivity index (χ0) is 18.8. The van der Waals surface area contributed by atoms with Gasteiger partial charge in [-0.15, -0.1) is 0 Å². The summed E-state index contributed by atoms with van der Waals surface area (Å²) in [6, 6.07) is 16.2. The number of carbonyl (C=O) groups excluding carboxylic acids is 1. The van der Waals surface area contributed by atoms with Gasteiger partial charge in [-0.05, 0) is 41.6 Å². The number of thiophene rings is 1. The van der Waals surface area contributed by atoms with E-state index in [0.29, 0.717) is 18.0 Å². The zero-order valence-corrected chi connectivity index (χ0v) is 16.9.